The van der Waals surface area contributed by atoms with E-state index in [0.717, 1.165) is 0 Å². The Morgan fingerprint density at radius 3 is 1.57 bits per heavy atom. The molecule has 0 aliphatic carbocycles. The average Bonchev–Trinajstić information content (AvgIpc) is 2.42. The van der Waals surface area contributed by atoms with Crippen molar-refractivity contribution in [2.45, 2.75) is 20.8 Å². The van der Waals surface area contributed by atoms with Crippen LogP contribution in [0.4, 0.5) is 4.79 Å². The second-order valence-corrected chi connectivity index (χ2v) is 3.87. The summed E-state index contributed by atoms with van der Waals surface area (Å²) in [6.45, 7) is 10.1. The monoisotopic (exact) mass is 325 g/mol. The number of rotatable bonds is 4. The third kappa shape index (κ3) is 19.4. The van der Waals surface area contributed by atoms with Crippen LogP contribution in [0.1, 0.15) is 31.1 Å². The van der Waals surface area contributed by atoms with Crippen molar-refractivity contribution in [3.8, 4) is 0 Å². The first kappa shape index (κ1) is 25.4. The zero-order chi connectivity index (χ0) is 16.0. The van der Waals surface area contributed by atoms with Crippen LogP contribution in [-0.2, 0) is 0 Å². The Hall–Kier alpha value is -0.590. The third-order valence-corrected chi connectivity index (χ3v) is 2.56. The molecule has 0 spiro atoms. The summed E-state index contributed by atoms with van der Waals surface area (Å²) < 4.78 is 0. The molecular weight excluding hydrogens is 305 g/mol. The molecule has 0 atom stereocenters. The van der Waals surface area contributed by atoms with Gasteiger partial charge in [-0.3, -0.25) is 4.79 Å². The van der Waals surface area contributed by atoms with E-state index in [0.29, 0.717) is 5.56 Å². The second kappa shape index (κ2) is 17.5. The van der Waals surface area contributed by atoms with Crippen LogP contribution in [0, 0.1) is 0 Å². The first-order chi connectivity index (χ1) is 9.38. The fourth-order valence-electron chi connectivity index (χ4n) is 1.24. The van der Waals surface area contributed by atoms with Gasteiger partial charge in [-0.05, 0) is 31.2 Å². The Balaban J connectivity index is -0.000000244. The van der Waals surface area contributed by atoms with Crippen molar-refractivity contribution in [1.82, 2.24) is 4.90 Å². The molecule has 0 saturated carbocycles. The third-order valence-electron chi connectivity index (χ3n) is 2.34. The summed E-state index contributed by atoms with van der Waals surface area (Å²) in [5.74, 6) is 0. The summed E-state index contributed by atoms with van der Waals surface area (Å²) in [7, 11) is 0. The summed E-state index contributed by atoms with van der Waals surface area (Å²) in [6.07, 6.45) is -2.08. The maximum Gasteiger partial charge on any atom is 1.00 e. The molecule has 0 saturated heterocycles. The number of carbonyl (C=O) groups is 2. The van der Waals surface area contributed by atoms with Crippen molar-refractivity contribution in [2.24, 2.45) is 0 Å². The first-order valence-electron chi connectivity index (χ1n) is 6.26. The van der Waals surface area contributed by atoms with Gasteiger partial charge in [-0.2, -0.15) is 0 Å². The molecule has 0 aliphatic rings. The number of halogens is 1. The standard InChI is InChI=1S/C7H5ClO.C6H15N.CH2O3.Na/c8-7(9)6-4-2-1-3-5-6;1-4-7(5-2)6-3;2-1(3)4;/h1-5H;4-6H2,1-3H3;(H2,2,3,4);/q;;;+1/p-1. The molecule has 0 heterocycles. The summed E-state index contributed by atoms with van der Waals surface area (Å²) in [4.78, 5) is 21.2. The molecule has 0 unspecified atom stereocenters. The van der Waals surface area contributed by atoms with Gasteiger partial charge in [0.2, 0.25) is 6.16 Å². The van der Waals surface area contributed by atoms with Crippen LogP contribution in [0.5, 0.6) is 0 Å². The molecule has 0 aliphatic heterocycles. The zero-order valence-corrected chi connectivity index (χ0v) is 15.8. The van der Waals surface area contributed by atoms with Crippen LogP contribution in [0.25, 0.3) is 0 Å². The molecule has 1 aromatic carbocycles. The minimum absolute atomic E-state index is 0. The Morgan fingerprint density at radius 1 is 1.10 bits per heavy atom. The molecule has 0 fully saturated rings. The van der Waals surface area contributed by atoms with E-state index in [1.807, 2.05) is 6.07 Å². The number of hydrogen-bond donors (Lipinski definition) is 1. The maximum absolute atomic E-state index is 10.4. The Morgan fingerprint density at radius 2 is 1.43 bits per heavy atom. The van der Waals surface area contributed by atoms with Crippen molar-refractivity contribution < 1.29 is 49.4 Å². The van der Waals surface area contributed by atoms with Gasteiger partial charge in [0.05, 0.1) is 0 Å². The zero-order valence-electron chi connectivity index (χ0n) is 13.0. The fraction of sp³-hybridized carbons (Fsp3) is 0.429. The van der Waals surface area contributed by atoms with Crippen molar-refractivity contribution in [3.63, 3.8) is 0 Å². The van der Waals surface area contributed by atoms with Crippen molar-refractivity contribution >= 4 is 23.0 Å². The molecule has 1 aromatic rings. The van der Waals surface area contributed by atoms with Crippen molar-refractivity contribution in [3.05, 3.63) is 35.9 Å². The van der Waals surface area contributed by atoms with Gasteiger partial charge in [0.25, 0.3) is 5.24 Å². The Kier molecular flexibility index (Phi) is 21.1. The molecule has 0 amide bonds. The number of carboxylic acid groups (broad SMARTS) is 2. The van der Waals surface area contributed by atoms with E-state index in [1.165, 1.54) is 19.6 Å². The van der Waals surface area contributed by atoms with Crippen LogP contribution >= 0.6 is 11.6 Å². The van der Waals surface area contributed by atoms with E-state index in [-0.39, 0.29) is 29.6 Å². The summed E-state index contributed by atoms with van der Waals surface area (Å²) in [5, 5.41) is 14.9. The predicted molar refractivity (Wildman–Crippen MR) is 78.1 cm³/mol. The van der Waals surface area contributed by atoms with Crippen LogP contribution in [-0.4, -0.2) is 41.0 Å². The number of carbonyl (C=O) groups excluding carboxylic acids is 1. The van der Waals surface area contributed by atoms with Crippen LogP contribution in [0.15, 0.2) is 30.3 Å². The average molecular weight is 326 g/mol. The fourth-order valence-corrected chi connectivity index (χ4v) is 1.37. The minimum atomic E-state index is -2.08. The molecule has 0 aromatic heterocycles. The SMILES string of the molecule is CCN(CC)CC.O=C(Cl)c1ccccc1.O=C([O-])O.[Na+]. The minimum Gasteiger partial charge on any atom is -0.565 e. The van der Waals surface area contributed by atoms with Crippen molar-refractivity contribution in [1.29, 1.82) is 0 Å². The smallest absolute Gasteiger partial charge is 0.565 e. The number of benzene rings is 1. The van der Waals surface area contributed by atoms with E-state index in [1.54, 1.807) is 24.3 Å². The van der Waals surface area contributed by atoms with Gasteiger partial charge in [0.1, 0.15) is 0 Å². The van der Waals surface area contributed by atoms with Gasteiger partial charge < -0.3 is 19.9 Å². The summed E-state index contributed by atoms with van der Waals surface area (Å²) in [5.41, 5.74) is 0.541. The Labute approximate surface area is 153 Å². The topological polar surface area (TPSA) is 80.7 Å². The van der Waals surface area contributed by atoms with Gasteiger partial charge in [0, 0.05) is 5.56 Å². The molecule has 1 N–H and O–H groups in total. The van der Waals surface area contributed by atoms with Crippen LogP contribution in [0.3, 0.4) is 0 Å². The van der Waals surface area contributed by atoms with Gasteiger partial charge >= 0.3 is 29.6 Å². The largest absolute Gasteiger partial charge is 1.00 e. The molecule has 5 nitrogen and oxygen atoms in total. The normalized spacial score (nSPS) is 8.43. The van der Waals surface area contributed by atoms with Gasteiger partial charge in [-0.1, -0.05) is 51.1 Å². The van der Waals surface area contributed by atoms with Crippen LogP contribution in [0.2, 0.25) is 0 Å². The number of hydrogen-bond acceptors (Lipinski definition) is 4. The molecule has 21 heavy (non-hydrogen) atoms. The van der Waals surface area contributed by atoms with Gasteiger partial charge in [-0.25, -0.2) is 0 Å². The Bertz CT molecular complexity index is 363. The quantitative estimate of drug-likeness (QED) is 0.585. The molecule has 1 rings (SSSR count). The van der Waals surface area contributed by atoms with E-state index in [2.05, 4.69) is 25.7 Å². The molecule has 0 radical (unpaired) electrons. The van der Waals surface area contributed by atoms with Crippen LogP contribution < -0.4 is 34.7 Å². The van der Waals surface area contributed by atoms with E-state index in [4.69, 9.17) is 26.6 Å². The van der Waals surface area contributed by atoms with Gasteiger partial charge in [-0.15, -0.1) is 0 Å². The van der Waals surface area contributed by atoms with Crippen molar-refractivity contribution in [2.75, 3.05) is 19.6 Å². The predicted octanol–water partition coefficient (Wildman–Crippen LogP) is -0.695. The van der Waals surface area contributed by atoms with Gasteiger partial charge in [0.15, 0.2) is 0 Å². The molecular formula is C14H21ClNNaO4. The van der Waals surface area contributed by atoms with E-state index < -0.39 is 11.4 Å². The molecule has 0 bridgehead atoms. The summed E-state index contributed by atoms with van der Waals surface area (Å²) >= 11 is 5.16. The van der Waals surface area contributed by atoms with E-state index >= 15 is 0 Å². The second-order valence-electron chi connectivity index (χ2n) is 3.53. The molecule has 7 heteroatoms. The maximum atomic E-state index is 10.4. The molecule has 114 valence electrons. The number of nitrogens with zero attached hydrogens (tertiary/aromatic N) is 1. The van der Waals surface area contributed by atoms with E-state index in [9.17, 15) is 4.79 Å². The summed E-state index contributed by atoms with van der Waals surface area (Å²) in [6, 6.07) is 8.74. The first-order valence-corrected chi connectivity index (χ1v) is 6.63.